The van der Waals surface area contributed by atoms with Crippen LogP contribution in [0.15, 0.2) is 23.2 Å². The molecular formula is C11H19N3O3S. The van der Waals surface area contributed by atoms with Gasteiger partial charge < -0.3 is 10.5 Å². The Morgan fingerprint density at radius 2 is 2.22 bits per heavy atom. The van der Waals surface area contributed by atoms with Crippen molar-refractivity contribution < 1.29 is 13.2 Å². The van der Waals surface area contributed by atoms with Crippen molar-refractivity contribution in [1.82, 2.24) is 9.71 Å². The second-order valence-electron chi connectivity index (χ2n) is 3.97. The first-order valence-electron chi connectivity index (χ1n) is 5.72. The summed E-state index contributed by atoms with van der Waals surface area (Å²) in [6.07, 6.45) is 1.59. The molecule has 0 amide bonds. The Morgan fingerprint density at radius 3 is 2.83 bits per heavy atom. The zero-order chi connectivity index (χ0) is 13.6. The van der Waals surface area contributed by atoms with E-state index in [2.05, 4.69) is 9.71 Å². The van der Waals surface area contributed by atoms with Crippen molar-refractivity contribution in [2.75, 3.05) is 13.2 Å². The molecule has 1 rings (SSSR count). The van der Waals surface area contributed by atoms with Gasteiger partial charge in [-0.2, -0.15) is 0 Å². The third-order valence-corrected chi connectivity index (χ3v) is 3.71. The van der Waals surface area contributed by atoms with Crippen LogP contribution in [0.3, 0.4) is 0 Å². The summed E-state index contributed by atoms with van der Waals surface area (Å²) in [5.74, 6) is 0. The quantitative estimate of drug-likeness (QED) is 0.694. The Kier molecular flexibility index (Phi) is 5.67. The molecular weight excluding hydrogens is 254 g/mol. The summed E-state index contributed by atoms with van der Waals surface area (Å²) in [7, 11) is -3.57. The molecule has 0 aromatic carbocycles. The van der Waals surface area contributed by atoms with Crippen LogP contribution in [0.2, 0.25) is 0 Å². The van der Waals surface area contributed by atoms with E-state index in [1.165, 1.54) is 12.3 Å². The van der Waals surface area contributed by atoms with Crippen molar-refractivity contribution in [3.05, 3.63) is 24.0 Å². The van der Waals surface area contributed by atoms with Crippen LogP contribution in [0.1, 0.15) is 19.5 Å². The minimum absolute atomic E-state index is 0.0764. The first-order chi connectivity index (χ1) is 8.47. The van der Waals surface area contributed by atoms with E-state index in [4.69, 9.17) is 10.5 Å². The highest BCUT2D eigenvalue weighted by Crippen LogP contribution is 2.11. The predicted octanol–water partition coefficient (Wildman–Crippen LogP) is 0.244. The van der Waals surface area contributed by atoms with Crippen LogP contribution in [0.5, 0.6) is 0 Å². The average Bonchev–Trinajstić information content (AvgIpc) is 2.34. The molecule has 0 unspecified atom stereocenters. The van der Waals surface area contributed by atoms with Crippen molar-refractivity contribution >= 4 is 10.0 Å². The second kappa shape index (κ2) is 6.79. The summed E-state index contributed by atoms with van der Waals surface area (Å²) >= 11 is 0. The molecule has 0 aliphatic rings. The first kappa shape index (κ1) is 15.0. The van der Waals surface area contributed by atoms with Gasteiger partial charge in [-0.15, -0.1) is 0 Å². The molecule has 0 saturated heterocycles. The Hall–Kier alpha value is -1.02. The minimum atomic E-state index is -3.57. The molecule has 0 atom stereocenters. The summed E-state index contributed by atoms with van der Waals surface area (Å²) in [6, 6.07) is 3.05. The number of pyridine rings is 1. The van der Waals surface area contributed by atoms with Gasteiger partial charge in [0.05, 0.1) is 18.4 Å². The smallest absolute Gasteiger partial charge is 0.242 e. The van der Waals surface area contributed by atoms with Crippen molar-refractivity contribution in [2.24, 2.45) is 5.73 Å². The molecule has 0 aliphatic heterocycles. The Balaban J connectivity index is 2.68. The van der Waals surface area contributed by atoms with Gasteiger partial charge in [0, 0.05) is 19.3 Å². The SMILES string of the molecule is CC(C)OCCNS(=O)(=O)c1cccnc1CN. The topological polar surface area (TPSA) is 94.3 Å². The van der Waals surface area contributed by atoms with Crippen LogP contribution in [0.4, 0.5) is 0 Å². The number of ether oxygens (including phenoxy) is 1. The Morgan fingerprint density at radius 1 is 1.50 bits per heavy atom. The van der Waals surface area contributed by atoms with Crippen molar-refractivity contribution in [1.29, 1.82) is 0 Å². The molecule has 18 heavy (non-hydrogen) atoms. The lowest BCUT2D eigenvalue weighted by Gasteiger charge is -2.11. The van der Waals surface area contributed by atoms with E-state index in [0.717, 1.165) is 0 Å². The predicted molar refractivity (Wildman–Crippen MR) is 68.4 cm³/mol. The standard InChI is InChI=1S/C11H19N3O3S/c1-9(2)17-7-6-14-18(15,16)11-4-3-5-13-10(11)8-12/h3-5,9,14H,6-8,12H2,1-2H3. The molecule has 102 valence electrons. The summed E-state index contributed by atoms with van der Waals surface area (Å²) < 4.78 is 31.7. The molecule has 0 saturated carbocycles. The van der Waals surface area contributed by atoms with Gasteiger partial charge >= 0.3 is 0 Å². The van der Waals surface area contributed by atoms with Gasteiger partial charge in [0.1, 0.15) is 4.90 Å². The van der Waals surface area contributed by atoms with Crippen molar-refractivity contribution in [3.63, 3.8) is 0 Å². The third-order valence-electron chi connectivity index (χ3n) is 2.18. The molecule has 0 radical (unpaired) electrons. The van der Waals surface area contributed by atoms with Crippen LogP contribution in [-0.4, -0.2) is 32.7 Å². The molecule has 3 N–H and O–H groups in total. The van der Waals surface area contributed by atoms with Gasteiger partial charge in [-0.1, -0.05) is 0 Å². The Bertz CT molecular complexity index is 474. The molecule has 1 aromatic heterocycles. The summed E-state index contributed by atoms with van der Waals surface area (Å²) in [5.41, 5.74) is 5.82. The van der Waals surface area contributed by atoms with E-state index in [1.54, 1.807) is 6.07 Å². The van der Waals surface area contributed by atoms with Gasteiger partial charge in [0.2, 0.25) is 10.0 Å². The van der Waals surface area contributed by atoms with Gasteiger partial charge in [-0.3, -0.25) is 4.98 Å². The van der Waals surface area contributed by atoms with E-state index < -0.39 is 10.0 Å². The average molecular weight is 273 g/mol. The highest BCUT2D eigenvalue weighted by Gasteiger charge is 2.17. The summed E-state index contributed by atoms with van der Waals surface area (Å²) in [4.78, 5) is 4.07. The van der Waals surface area contributed by atoms with E-state index in [9.17, 15) is 8.42 Å². The van der Waals surface area contributed by atoms with E-state index in [0.29, 0.717) is 12.3 Å². The van der Waals surface area contributed by atoms with Gasteiger partial charge in [-0.25, -0.2) is 13.1 Å². The molecule has 1 heterocycles. The van der Waals surface area contributed by atoms with Crippen LogP contribution >= 0.6 is 0 Å². The number of nitrogens with zero attached hydrogens (tertiary/aromatic N) is 1. The van der Waals surface area contributed by atoms with Gasteiger partial charge in [0.25, 0.3) is 0 Å². The molecule has 7 heteroatoms. The number of hydrogen-bond donors (Lipinski definition) is 2. The summed E-state index contributed by atoms with van der Waals surface area (Å²) in [5, 5.41) is 0. The molecule has 1 aromatic rings. The van der Waals surface area contributed by atoms with E-state index >= 15 is 0 Å². The van der Waals surface area contributed by atoms with Crippen LogP contribution in [-0.2, 0) is 21.3 Å². The van der Waals surface area contributed by atoms with Crippen LogP contribution in [0, 0.1) is 0 Å². The van der Waals surface area contributed by atoms with Crippen molar-refractivity contribution in [3.8, 4) is 0 Å². The number of hydrogen-bond acceptors (Lipinski definition) is 5. The fourth-order valence-electron chi connectivity index (χ4n) is 1.37. The fourth-order valence-corrected chi connectivity index (χ4v) is 2.58. The molecule has 0 bridgehead atoms. The van der Waals surface area contributed by atoms with Crippen LogP contribution < -0.4 is 10.5 Å². The minimum Gasteiger partial charge on any atom is -0.377 e. The highest BCUT2D eigenvalue weighted by molar-refractivity contribution is 7.89. The number of nitrogens with two attached hydrogens (primary N) is 1. The van der Waals surface area contributed by atoms with E-state index in [1.807, 2.05) is 13.8 Å². The van der Waals surface area contributed by atoms with Crippen LogP contribution in [0.25, 0.3) is 0 Å². The number of aromatic nitrogens is 1. The maximum Gasteiger partial charge on any atom is 0.242 e. The van der Waals surface area contributed by atoms with Crippen molar-refractivity contribution in [2.45, 2.75) is 31.4 Å². The maximum atomic E-state index is 12.0. The monoisotopic (exact) mass is 273 g/mol. The summed E-state index contributed by atoms with van der Waals surface area (Å²) in [6.45, 7) is 4.42. The maximum absolute atomic E-state index is 12.0. The third kappa shape index (κ3) is 4.34. The number of rotatable bonds is 7. The molecule has 0 aliphatic carbocycles. The zero-order valence-electron chi connectivity index (χ0n) is 10.6. The first-order valence-corrected chi connectivity index (χ1v) is 7.21. The largest absolute Gasteiger partial charge is 0.377 e. The zero-order valence-corrected chi connectivity index (χ0v) is 11.4. The van der Waals surface area contributed by atoms with E-state index in [-0.39, 0.29) is 24.1 Å². The Labute approximate surface area is 108 Å². The lowest BCUT2D eigenvalue weighted by atomic mass is 10.3. The fraction of sp³-hybridized carbons (Fsp3) is 0.545. The van der Waals surface area contributed by atoms with Gasteiger partial charge in [-0.05, 0) is 26.0 Å². The normalized spacial score (nSPS) is 12.0. The second-order valence-corrected chi connectivity index (χ2v) is 5.71. The number of sulfonamides is 1. The van der Waals surface area contributed by atoms with Gasteiger partial charge in [0.15, 0.2) is 0 Å². The molecule has 0 fully saturated rings. The lowest BCUT2D eigenvalue weighted by molar-refractivity contribution is 0.0834. The molecule has 0 spiro atoms. The number of nitrogens with one attached hydrogen (secondary N) is 1. The lowest BCUT2D eigenvalue weighted by Crippen LogP contribution is -2.29. The highest BCUT2D eigenvalue weighted by atomic mass is 32.2. The molecule has 6 nitrogen and oxygen atoms in total.